The number of nitrogens with zero attached hydrogens (tertiary/aromatic N) is 1. The average molecular weight is 451 g/mol. The number of nitrogens with one attached hydrogen (secondary N) is 1. The second-order valence-corrected chi connectivity index (χ2v) is 9.14. The van der Waals surface area contributed by atoms with Gasteiger partial charge in [0.05, 0.1) is 4.88 Å². The largest absolute Gasteiger partial charge is 0.356 e. The first-order valence-electron chi connectivity index (χ1n) is 11.0. The molecule has 4 rings (SSSR count). The number of thiophene rings is 1. The van der Waals surface area contributed by atoms with Crippen LogP contribution in [0.4, 0.5) is 4.39 Å². The van der Waals surface area contributed by atoms with Crippen molar-refractivity contribution in [3.05, 3.63) is 81.8 Å². The lowest BCUT2D eigenvalue weighted by Gasteiger charge is -2.31. The van der Waals surface area contributed by atoms with Crippen LogP contribution in [0.1, 0.15) is 33.6 Å². The van der Waals surface area contributed by atoms with Crippen LogP contribution in [0.15, 0.2) is 60.0 Å². The molecule has 2 amide bonds. The molecule has 0 saturated carbocycles. The van der Waals surface area contributed by atoms with Crippen LogP contribution >= 0.6 is 11.3 Å². The molecule has 1 saturated heterocycles. The summed E-state index contributed by atoms with van der Waals surface area (Å²) in [5.74, 6) is -0.328. The molecule has 1 aliphatic heterocycles. The summed E-state index contributed by atoms with van der Waals surface area (Å²) >= 11 is 1.47. The number of likely N-dealkylation sites (tertiary alicyclic amines) is 1. The molecule has 0 bridgehead atoms. The lowest BCUT2D eigenvalue weighted by atomic mass is 9.95. The topological polar surface area (TPSA) is 49.4 Å². The van der Waals surface area contributed by atoms with Crippen molar-refractivity contribution < 1.29 is 14.0 Å². The van der Waals surface area contributed by atoms with Crippen LogP contribution in [0.2, 0.25) is 0 Å². The number of amides is 2. The summed E-state index contributed by atoms with van der Waals surface area (Å²) in [4.78, 5) is 28.3. The predicted octanol–water partition coefficient (Wildman–Crippen LogP) is 5.07. The van der Waals surface area contributed by atoms with Gasteiger partial charge in [-0.25, -0.2) is 4.39 Å². The minimum Gasteiger partial charge on any atom is -0.356 e. The molecule has 0 atom stereocenters. The molecule has 32 heavy (non-hydrogen) atoms. The van der Waals surface area contributed by atoms with Crippen molar-refractivity contribution in [2.75, 3.05) is 19.6 Å². The van der Waals surface area contributed by atoms with Crippen LogP contribution in [0.25, 0.3) is 11.1 Å². The number of halogens is 1. The molecular weight excluding hydrogens is 423 g/mol. The van der Waals surface area contributed by atoms with Crippen LogP contribution in [0.3, 0.4) is 0 Å². The molecule has 0 aliphatic carbocycles. The van der Waals surface area contributed by atoms with Gasteiger partial charge in [-0.1, -0.05) is 48.0 Å². The second kappa shape index (κ2) is 10.1. The lowest BCUT2D eigenvalue weighted by molar-refractivity contribution is -0.126. The third kappa shape index (κ3) is 5.07. The Morgan fingerprint density at radius 3 is 2.50 bits per heavy atom. The SMILES string of the molecule is Cc1ccc(-c2ccsc2C(=O)N2CCC(C(=O)NCCc3ccccc3F)CC2)cc1. The minimum atomic E-state index is -0.243. The highest BCUT2D eigenvalue weighted by Crippen LogP contribution is 2.31. The van der Waals surface area contributed by atoms with Crippen molar-refractivity contribution in [2.24, 2.45) is 5.92 Å². The molecule has 166 valence electrons. The third-order valence-corrected chi connectivity index (χ3v) is 6.93. The Hall–Kier alpha value is -2.99. The van der Waals surface area contributed by atoms with Gasteiger partial charge in [-0.15, -0.1) is 11.3 Å². The van der Waals surface area contributed by atoms with E-state index in [4.69, 9.17) is 0 Å². The van der Waals surface area contributed by atoms with E-state index in [9.17, 15) is 14.0 Å². The predicted molar refractivity (Wildman–Crippen MR) is 126 cm³/mol. The van der Waals surface area contributed by atoms with E-state index >= 15 is 0 Å². The normalized spacial score (nSPS) is 14.4. The fourth-order valence-electron chi connectivity index (χ4n) is 4.09. The maximum Gasteiger partial charge on any atom is 0.264 e. The van der Waals surface area contributed by atoms with Gasteiger partial charge in [0, 0.05) is 31.1 Å². The van der Waals surface area contributed by atoms with Crippen molar-refractivity contribution in [2.45, 2.75) is 26.2 Å². The summed E-state index contributed by atoms with van der Waals surface area (Å²) in [5, 5.41) is 4.88. The number of aryl methyl sites for hydroxylation is 1. The number of hydrogen-bond acceptors (Lipinski definition) is 3. The Bertz CT molecular complexity index is 1090. The van der Waals surface area contributed by atoms with Crippen LogP contribution < -0.4 is 5.32 Å². The van der Waals surface area contributed by atoms with E-state index < -0.39 is 0 Å². The van der Waals surface area contributed by atoms with Gasteiger partial charge in [-0.2, -0.15) is 0 Å². The van der Waals surface area contributed by atoms with Crippen molar-refractivity contribution >= 4 is 23.2 Å². The molecule has 2 heterocycles. The van der Waals surface area contributed by atoms with Gasteiger partial charge in [0.25, 0.3) is 5.91 Å². The van der Waals surface area contributed by atoms with Crippen molar-refractivity contribution in [3.63, 3.8) is 0 Å². The molecule has 4 nitrogen and oxygen atoms in total. The maximum atomic E-state index is 13.7. The smallest absolute Gasteiger partial charge is 0.264 e. The molecule has 1 fully saturated rings. The Kier molecular flexibility index (Phi) is 7.00. The third-order valence-electron chi connectivity index (χ3n) is 6.03. The van der Waals surface area contributed by atoms with Gasteiger partial charge in [0.2, 0.25) is 5.91 Å². The number of piperidine rings is 1. The van der Waals surface area contributed by atoms with Crippen LogP contribution in [0, 0.1) is 18.7 Å². The molecule has 0 unspecified atom stereocenters. The minimum absolute atomic E-state index is 0.00935. The van der Waals surface area contributed by atoms with E-state index in [2.05, 4.69) is 17.4 Å². The van der Waals surface area contributed by atoms with E-state index in [1.165, 1.54) is 23.0 Å². The Labute approximate surface area is 192 Å². The summed E-state index contributed by atoms with van der Waals surface area (Å²) < 4.78 is 13.7. The zero-order chi connectivity index (χ0) is 22.5. The van der Waals surface area contributed by atoms with E-state index in [0.717, 1.165) is 16.0 Å². The van der Waals surface area contributed by atoms with Gasteiger partial charge in [0.1, 0.15) is 5.82 Å². The fourth-order valence-corrected chi connectivity index (χ4v) is 4.97. The van der Waals surface area contributed by atoms with Gasteiger partial charge in [0.15, 0.2) is 0 Å². The summed E-state index contributed by atoms with van der Waals surface area (Å²) in [6, 6.07) is 16.8. The highest BCUT2D eigenvalue weighted by molar-refractivity contribution is 7.12. The summed E-state index contributed by atoms with van der Waals surface area (Å²) in [5.41, 5.74) is 3.80. The second-order valence-electron chi connectivity index (χ2n) is 8.23. The molecule has 2 aromatic carbocycles. The van der Waals surface area contributed by atoms with Gasteiger partial charge >= 0.3 is 0 Å². The molecule has 6 heteroatoms. The van der Waals surface area contributed by atoms with Crippen LogP contribution in [-0.4, -0.2) is 36.3 Å². The summed E-state index contributed by atoms with van der Waals surface area (Å²) in [6.07, 6.45) is 1.75. The quantitative estimate of drug-likeness (QED) is 0.570. The highest BCUT2D eigenvalue weighted by atomic mass is 32.1. The number of benzene rings is 2. The Balaban J connectivity index is 1.30. The molecule has 1 N–H and O–H groups in total. The number of rotatable bonds is 6. The molecule has 0 radical (unpaired) electrons. The fraction of sp³-hybridized carbons (Fsp3) is 0.308. The molecule has 0 spiro atoms. The standard InChI is InChI=1S/C26H27FN2O2S/c1-18-6-8-19(9-7-18)22-13-17-32-24(22)26(31)29-15-11-21(12-16-29)25(30)28-14-10-20-4-2-3-5-23(20)27/h2-9,13,17,21H,10-12,14-16H2,1H3,(H,28,30). The van der Waals surface area contributed by atoms with Gasteiger partial charge in [-0.05, 0) is 54.8 Å². The Morgan fingerprint density at radius 1 is 1.06 bits per heavy atom. The van der Waals surface area contributed by atoms with Crippen LogP contribution in [0.5, 0.6) is 0 Å². The molecule has 1 aliphatic rings. The summed E-state index contributed by atoms with van der Waals surface area (Å²) in [6.45, 7) is 3.59. The number of hydrogen-bond donors (Lipinski definition) is 1. The first-order valence-corrected chi connectivity index (χ1v) is 11.9. The molecular formula is C26H27FN2O2S. The monoisotopic (exact) mass is 450 g/mol. The van der Waals surface area contributed by atoms with E-state index in [-0.39, 0.29) is 23.5 Å². The first-order chi connectivity index (χ1) is 15.5. The zero-order valence-electron chi connectivity index (χ0n) is 18.1. The van der Waals surface area contributed by atoms with Crippen molar-refractivity contribution in [3.8, 4) is 11.1 Å². The summed E-state index contributed by atoms with van der Waals surface area (Å²) in [7, 11) is 0. The molecule has 1 aromatic heterocycles. The first kappa shape index (κ1) is 22.2. The van der Waals surface area contributed by atoms with E-state index in [0.29, 0.717) is 44.5 Å². The highest BCUT2D eigenvalue weighted by Gasteiger charge is 2.29. The maximum absolute atomic E-state index is 13.7. The van der Waals surface area contributed by atoms with E-state index in [1.54, 1.807) is 18.2 Å². The van der Waals surface area contributed by atoms with Gasteiger partial charge < -0.3 is 10.2 Å². The van der Waals surface area contributed by atoms with Crippen molar-refractivity contribution in [1.29, 1.82) is 0 Å². The number of carbonyl (C=O) groups excluding carboxylic acids is 2. The van der Waals surface area contributed by atoms with Gasteiger partial charge in [-0.3, -0.25) is 9.59 Å². The molecule has 3 aromatic rings. The number of carbonyl (C=O) groups is 2. The van der Waals surface area contributed by atoms with Crippen LogP contribution in [-0.2, 0) is 11.2 Å². The lowest BCUT2D eigenvalue weighted by Crippen LogP contribution is -2.43. The average Bonchev–Trinajstić information content (AvgIpc) is 3.30. The van der Waals surface area contributed by atoms with Crippen molar-refractivity contribution in [1.82, 2.24) is 10.2 Å². The Morgan fingerprint density at radius 2 is 1.78 bits per heavy atom. The zero-order valence-corrected chi connectivity index (χ0v) is 19.0. The van der Waals surface area contributed by atoms with E-state index in [1.807, 2.05) is 35.4 Å².